The predicted molar refractivity (Wildman–Crippen MR) is 172 cm³/mol. The molecule has 1 aromatic rings. The Balaban J connectivity index is 1.97. The van der Waals surface area contributed by atoms with Crippen LogP contribution in [0.3, 0.4) is 0 Å². The largest absolute Gasteiger partial charge is 0.506 e. The zero-order valence-electron chi connectivity index (χ0n) is 26.6. The van der Waals surface area contributed by atoms with E-state index in [1.54, 1.807) is 32.1 Å². The minimum Gasteiger partial charge on any atom is -0.506 e. The molecule has 5 atom stereocenters. The molecule has 11 nitrogen and oxygen atoms in total. The maximum Gasteiger partial charge on any atom is 0.405 e. The van der Waals surface area contributed by atoms with E-state index in [1.165, 1.54) is 26.0 Å². The molecule has 0 unspecified atom stereocenters. The Bertz CT molecular complexity index is 1240. The van der Waals surface area contributed by atoms with Gasteiger partial charge in [0.1, 0.15) is 17.6 Å². The number of carbonyl (C=O) groups is 2. The van der Waals surface area contributed by atoms with Crippen molar-refractivity contribution in [1.29, 1.82) is 0 Å². The van der Waals surface area contributed by atoms with Crippen LogP contribution in [0.15, 0.2) is 41.5 Å². The van der Waals surface area contributed by atoms with Crippen molar-refractivity contribution in [2.24, 2.45) is 17.6 Å². The van der Waals surface area contributed by atoms with Crippen molar-refractivity contribution >= 4 is 23.4 Å². The van der Waals surface area contributed by atoms with E-state index >= 15 is 0 Å². The number of amides is 2. The maximum absolute atomic E-state index is 13.1. The Kier molecular flexibility index (Phi) is 13.1. The van der Waals surface area contributed by atoms with Crippen molar-refractivity contribution in [2.75, 3.05) is 43.9 Å². The fourth-order valence-electron chi connectivity index (χ4n) is 5.79. The van der Waals surface area contributed by atoms with Gasteiger partial charge in [0.2, 0.25) is 0 Å². The van der Waals surface area contributed by atoms with Gasteiger partial charge in [-0.05, 0) is 70.5 Å². The van der Waals surface area contributed by atoms with Gasteiger partial charge in [0.25, 0.3) is 5.91 Å². The first-order valence-corrected chi connectivity index (χ1v) is 15.5. The number of nitrogens with zero attached hydrogens (tertiary/aromatic N) is 1. The van der Waals surface area contributed by atoms with E-state index in [0.717, 1.165) is 19.6 Å². The number of fused-ring (bicyclic) bond motifs is 2. The van der Waals surface area contributed by atoms with E-state index in [-0.39, 0.29) is 29.0 Å². The molecule has 1 saturated heterocycles. The van der Waals surface area contributed by atoms with Gasteiger partial charge in [-0.1, -0.05) is 38.2 Å². The molecule has 2 aliphatic heterocycles. The molecule has 2 aliphatic rings. The van der Waals surface area contributed by atoms with E-state index in [1.807, 2.05) is 19.9 Å². The number of rotatable bonds is 6. The number of methoxy groups -OCH3 is 1. The van der Waals surface area contributed by atoms with Crippen LogP contribution < -0.4 is 16.4 Å². The van der Waals surface area contributed by atoms with E-state index in [2.05, 4.69) is 15.5 Å². The van der Waals surface area contributed by atoms with Crippen LogP contribution in [0.5, 0.6) is 11.5 Å². The average molecular weight is 615 g/mol. The van der Waals surface area contributed by atoms with E-state index in [4.69, 9.17) is 15.2 Å². The summed E-state index contributed by atoms with van der Waals surface area (Å²) >= 11 is 0. The van der Waals surface area contributed by atoms with Gasteiger partial charge in [-0.2, -0.15) is 0 Å². The number of likely N-dealkylation sites (tertiary alicyclic amines) is 1. The standard InChI is InChI=1S/C33H50N4O7/c1-20-11-12-26(38)22(3)18-23(4)31(44-33(34)42)28(43-5)10-8-9-21(2)32(41)36-25-19-27(39)29(24(17-20)30(25)40)35-13-16-37-14-6-7-15-37/h8-10,18-20,22,26,28,31,35,38-40H,6-7,11-17H2,1-5H3,(H2,34,42)(H,36,41)/b10-8-,21-9+,23-18+/t20-,22-,26-,28-,31-/m0/s1. The Labute approximate surface area is 260 Å². The lowest BCUT2D eigenvalue weighted by Gasteiger charge is -2.26. The second-order valence-electron chi connectivity index (χ2n) is 12.1. The van der Waals surface area contributed by atoms with Crippen molar-refractivity contribution in [3.8, 4) is 11.5 Å². The number of nitrogens with two attached hydrogens (primary N) is 1. The first-order chi connectivity index (χ1) is 20.9. The summed E-state index contributed by atoms with van der Waals surface area (Å²) < 4.78 is 11.0. The quantitative estimate of drug-likeness (QED) is 0.154. The molecule has 44 heavy (non-hydrogen) atoms. The highest BCUT2D eigenvalue weighted by Crippen LogP contribution is 2.42. The van der Waals surface area contributed by atoms with Crippen LogP contribution in [0.25, 0.3) is 0 Å². The maximum atomic E-state index is 13.1. The number of phenolic OH excluding ortho intramolecular Hbond substituents is 2. The summed E-state index contributed by atoms with van der Waals surface area (Å²) in [7, 11) is 1.47. The molecule has 0 aromatic heterocycles. The number of hydrogen-bond acceptors (Lipinski definition) is 9. The van der Waals surface area contributed by atoms with Crippen molar-refractivity contribution < 1.29 is 34.4 Å². The third-order valence-electron chi connectivity index (χ3n) is 8.46. The van der Waals surface area contributed by atoms with Crippen molar-refractivity contribution in [3.05, 3.63) is 47.1 Å². The first kappa shape index (κ1) is 34.9. The summed E-state index contributed by atoms with van der Waals surface area (Å²) in [5.74, 6) is -0.882. The van der Waals surface area contributed by atoms with Gasteiger partial charge < -0.3 is 46.1 Å². The molecule has 3 rings (SSSR count). The molecule has 2 heterocycles. The van der Waals surface area contributed by atoms with Crippen LogP contribution in [0.2, 0.25) is 0 Å². The Hall–Kier alpha value is -3.54. The highest BCUT2D eigenvalue weighted by Gasteiger charge is 2.27. The Morgan fingerprint density at radius 3 is 2.55 bits per heavy atom. The van der Waals surface area contributed by atoms with E-state index in [0.29, 0.717) is 48.2 Å². The van der Waals surface area contributed by atoms with E-state index in [9.17, 15) is 24.9 Å². The number of benzene rings is 1. The zero-order chi connectivity index (χ0) is 32.4. The number of carbonyl (C=O) groups excluding carboxylic acids is 2. The van der Waals surface area contributed by atoms with Crippen LogP contribution >= 0.6 is 0 Å². The predicted octanol–water partition coefficient (Wildman–Crippen LogP) is 4.44. The van der Waals surface area contributed by atoms with E-state index < -0.39 is 30.3 Å². The van der Waals surface area contributed by atoms with Gasteiger partial charge in [0.15, 0.2) is 6.10 Å². The van der Waals surface area contributed by atoms with Gasteiger partial charge in [-0.25, -0.2) is 4.79 Å². The number of aliphatic hydroxyl groups excluding tert-OH is 1. The lowest BCUT2D eigenvalue weighted by atomic mass is 9.89. The summed E-state index contributed by atoms with van der Waals surface area (Å²) in [4.78, 5) is 27.2. The number of nitrogens with one attached hydrogen (secondary N) is 2. The Morgan fingerprint density at radius 1 is 1.18 bits per heavy atom. The lowest BCUT2D eigenvalue weighted by Crippen LogP contribution is -2.35. The molecule has 2 bridgehead atoms. The van der Waals surface area contributed by atoms with Gasteiger partial charge >= 0.3 is 6.09 Å². The number of ether oxygens (including phenoxy) is 2. The summed E-state index contributed by atoms with van der Waals surface area (Å²) in [6.07, 6.45) is 7.35. The van der Waals surface area contributed by atoms with Crippen LogP contribution in [0.1, 0.15) is 58.9 Å². The van der Waals surface area contributed by atoms with Crippen LogP contribution in [-0.2, 0) is 20.7 Å². The number of hydrogen-bond donors (Lipinski definition) is 6. The lowest BCUT2D eigenvalue weighted by molar-refractivity contribution is -0.112. The van der Waals surface area contributed by atoms with Crippen LogP contribution in [0.4, 0.5) is 16.2 Å². The van der Waals surface area contributed by atoms with Crippen molar-refractivity contribution in [2.45, 2.75) is 78.1 Å². The molecule has 7 N–H and O–H groups in total. The number of phenols is 2. The first-order valence-electron chi connectivity index (χ1n) is 15.5. The molecular formula is C33H50N4O7. The summed E-state index contributed by atoms with van der Waals surface area (Å²) in [5, 5.41) is 39.5. The molecule has 0 saturated carbocycles. The summed E-state index contributed by atoms with van der Waals surface area (Å²) in [6.45, 7) is 10.8. The van der Waals surface area contributed by atoms with Crippen LogP contribution in [0, 0.1) is 11.8 Å². The van der Waals surface area contributed by atoms with Crippen LogP contribution in [-0.4, -0.2) is 83.8 Å². The molecule has 244 valence electrons. The highest BCUT2D eigenvalue weighted by atomic mass is 16.6. The fraction of sp³-hybridized carbons (Fsp3) is 0.576. The molecule has 0 aliphatic carbocycles. The molecule has 0 radical (unpaired) electrons. The third kappa shape index (κ3) is 9.73. The zero-order valence-corrected chi connectivity index (χ0v) is 26.6. The minimum atomic E-state index is -0.959. The molecule has 0 spiro atoms. The smallest absolute Gasteiger partial charge is 0.405 e. The normalized spacial score (nSPS) is 29.1. The second-order valence-corrected chi connectivity index (χ2v) is 12.1. The highest BCUT2D eigenvalue weighted by molar-refractivity contribution is 6.04. The molecular weight excluding hydrogens is 564 g/mol. The summed E-state index contributed by atoms with van der Waals surface area (Å²) in [5.41, 5.74) is 7.41. The third-order valence-corrected chi connectivity index (χ3v) is 8.46. The molecule has 1 fully saturated rings. The number of anilines is 2. The molecule has 11 heteroatoms. The monoisotopic (exact) mass is 614 g/mol. The SMILES string of the molecule is CO[C@H]1/C=C\C=C(/C)C(=O)Nc2cc(O)c(NCCN3CCCC3)c(c2O)C[C@@H](C)CC[C@H](O)[C@@H](C)/C=C(\C)[C@@H]1OC(N)=O. The van der Waals surface area contributed by atoms with Crippen molar-refractivity contribution in [1.82, 2.24) is 4.90 Å². The molecule has 1 aromatic carbocycles. The number of aromatic hydroxyl groups is 2. The second kappa shape index (κ2) is 16.5. The minimum absolute atomic E-state index is 0.0223. The number of allylic oxidation sites excluding steroid dienone is 2. The van der Waals surface area contributed by atoms with Gasteiger partial charge in [-0.3, -0.25) is 4.79 Å². The molecule has 2 amide bonds. The topological polar surface area (TPSA) is 167 Å². The van der Waals surface area contributed by atoms with Gasteiger partial charge in [-0.15, -0.1) is 0 Å². The van der Waals surface area contributed by atoms with Gasteiger partial charge in [0.05, 0.1) is 17.5 Å². The number of aliphatic hydroxyl groups is 1. The fourth-order valence-corrected chi connectivity index (χ4v) is 5.79. The number of primary amides is 1. The summed E-state index contributed by atoms with van der Waals surface area (Å²) in [6, 6.07) is 1.36. The Morgan fingerprint density at radius 2 is 1.89 bits per heavy atom. The average Bonchev–Trinajstić information content (AvgIpc) is 3.49. The van der Waals surface area contributed by atoms with Crippen molar-refractivity contribution in [3.63, 3.8) is 0 Å². The van der Waals surface area contributed by atoms with Gasteiger partial charge in [0, 0.05) is 43.3 Å².